The lowest BCUT2D eigenvalue weighted by molar-refractivity contribution is 0.0860. The zero-order valence-corrected chi connectivity index (χ0v) is 16.9. The van der Waals surface area contributed by atoms with E-state index in [1.54, 1.807) is 22.7 Å². The van der Waals surface area contributed by atoms with Crippen LogP contribution in [0.3, 0.4) is 0 Å². The Kier molecular flexibility index (Phi) is 5.83. The lowest BCUT2D eigenvalue weighted by Crippen LogP contribution is -2.46. The van der Waals surface area contributed by atoms with Gasteiger partial charge in [0.25, 0.3) is 5.91 Å². The summed E-state index contributed by atoms with van der Waals surface area (Å²) in [7, 11) is 0. The zero-order chi connectivity index (χ0) is 20.9. The molecule has 1 saturated heterocycles. The van der Waals surface area contributed by atoms with E-state index in [2.05, 4.69) is 10.4 Å². The molecule has 30 heavy (non-hydrogen) atoms. The van der Waals surface area contributed by atoms with Crippen molar-refractivity contribution < 1.29 is 14.3 Å². The van der Waals surface area contributed by atoms with Crippen LogP contribution < -0.4 is 5.32 Å². The van der Waals surface area contributed by atoms with Crippen molar-refractivity contribution >= 4 is 12.0 Å². The first-order valence-electron chi connectivity index (χ1n) is 10.2. The van der Waals surface area contributed by atoms with Crippen LogP contribution in [0.1, 0.15) is 30.1 Å². The van der Waals surface area contributed by atoms with Crippen molar-refractivity contribution in [3.05, 3.63) is 66.6 Å². The van der Waals surface area contributed by atoms with Crippen molar-refractivity contribution in [2.24, 2.45) is 0 Å². The Morgan fingerprint density at radius 3 is 2.47 bits per heavy atom. The van der Waals surface area contributed by atoms with E-state index in [4.69, 9.17) is 4.74 Å². The van der Waals surface area contributed by atoms with Crippen molar-refractivity contribution in [3.8, 4) is 11.5 Å². The van der Waals surface area contributed by atoms with Crippen LogP contribution in [0.25, 0.3) is 11.5 Å². The van der Waals surface area contributed by atoms with Gasteiger partial charge in [0.1, 0.15) is 5.56 Å². The molecule has 8 heteroatoms. The van der Waals surface area contributed by atoms with Gasteiger partial charge in [-0.1, -0.05) is 18.2 Å². The third kappa shape index (κ3) is 4.07. The second-order valence-electron chi connectivity index (χ2n) is 7.15. The second kappa shape index (κ2) is 8.86. The van der Waals surface area contributed by atoms with Crippen LogP contribution in [-0.2, 0) is 4.74 Å². The molecule has 0 unspecified atom stereocenters. The van der Waals surface area contributed by atoms with Gasteiger partial charge >= 0.3 is 6.09 Å². The lowest BCUT2D eigenvalue weighted by Gasteiger charge is -2.31. The Hall–Kier alpha value is -3.55. The number of piperidine rings is 1. The van der Waals surface area contributed by atoms with Gasteiger partial charge in [0.05, 0.1) is 18.5 Å². The van der Waals surface area contributed by atoms with E-state index < -0.39 is 0 Å². The molecule has 0 saturated carbocycles. The average molecular weight is 407 g/mol. The highest BCUT2D eigenvalue weighted by Gasteiger charge is 2.27. The van der Waals surface area contributed by atoms with Gasteiger partial charge in [-0.3, -0.25) is 4.79 Å². The number of rotatable bonds is 5. The van der Waals surface area contributed by atoms with Crippen LogP contribution >= 0.6 is 0 Å². The summed E-state index contributed by atoms with van der Waals surface area (Å²) < 4.78 is 8.70. The number of carbonyl (C=O) groups is 2. The minimum absolute atomic E-state index is 0.000707. The molecule has 3 heterocycles. The first-order chi connectivity index (χ1) is 14.7. The van der Waals surface area contributed by atoms with E-state index >= 15 is 0 Å². The number of benzene rings is 1. The average Bonchev–Trinajstić information content (AvgIpc) is 3.45. The maximum atomic E-state index is 13.1. The Balaban J connectivity index is 1.51. The number of nitrogens with zero attached hydrogens (tertiary/aromatic N) is 4. The Bertz CT molecular complexity index is 989. The number of carbonyl (C=O) groups excluding carboxylic acids is 2. The lowest BCUT2D eigenvalue weighted by atomic mass is 10.0. The smallest absolute Gasteiger partial charge is 0.409 e. The normalized spacial score (nSPS) is 14.5. The monoisotopic (exact) mass is 407 g/mol. The number of para-hydroxylation sites is 1. The molecule has 0 aliphatic carbocycles. The number of likely N-dealkylation sites (tertiary alicyclic amines) is 1. The molecule has 1 fully saturated rings. The highest BCUT2D eigenvalue weighted by molar-refractivity contribution is 5.97. The predicted octanol–water partition coefficient (Wildman–Crippen LogP) is 3.01. The predicted molar refractivity (Wildman–Crippen MR) is 112 cm³/mol. The van der Waals surface area contributed by atoms with Crippen LogP contribution in [0.2, 0.25) is 0 Å². The zero-order valence-electron chi connectivity index (χ0n) is 16.9. The van der Waals surface area contributed by atoms with Crippen LogP contribution in [0, 0.1) is 0 Å². The van der Waals surface area contributed by atoms with E-state index in [0.29, 0.717) is 43.9 Å². The SMILES string of the molecule is CCOC(=O)N1CCC(NC(=O)c2cnn(-c3ccccc3)c2-n2cccc2)CC1. The van der Waals surface area contributed by atoms with Crippen molar-refractivity contribution in [1.82, 2.24) is 24.6 Å². The van der Waals surface area contributed by atoms with Gasteiger partial charge in [0, 0.05) is 31.5 Å². The summed E-state index contributed by atoms with van der Waals surface area (Å²) in [4.78, 5) is 26.7. The summed E-state index contributed by atoms with van der Waals surface area (Å²) in [5.74, 6) is 0.517. The summed E-state index contributed by atoms with van der Waals surface area (Å²) >= 11 is 0. The first-order valence-corrected chi connectivity index (χ1v) is 10.2. The summed E-state index contributed by atoms with van der Waals surface area (Å²) in [6.45, 7) is 3.29. The van der Waals surface area contributed by atoms with E-state index in [1.807, 2.05) is 59.4 Å². The highest BCUT2D eigenvalue weighted by atomic mass is 16.6. The maximum Gasteiger partial charge on any atom is 0.409 e. The summed E-state index contributed by atoms with van der Waals surface area (Å²) in [5, 5.41) is 7.59. The third-order valence-electron chi connectivity index (χ3n) is 5.19. The van der Waals surface area contributed by atoms with E-state index in [0.717, 1.165) is 5.69 Å². The van der Waals surface area contributed by atoms with Crippen LogP contribution in [0.4, 0.5) is 4.79 Å². The largest absolute Gasteiger partial charge is 0.450 e. The standard InChI is InChI=1S/C22H25N5O3/c1-2-30-22(29)26-14-10-17(11-15-26)24-20(28)19-16-23-27(18-8-4-3-5-9-18)21(19)25-12-6-7-13-25/h3-9,12-13,16-17H,2,10-11,14-15H2,1H3,(H,24,28). The fourth-order valence-corrected chi connectivity index (χ4v) is 3.67. The van der Waals surface area contributed by atoms with Crippen LogP contribution in [0.5, 0.6) is 0 Å². The molecule has 2 amide bonds. The Labute approximate surface area is 175 Å². The molecule has 0 bridgehead atoms. The molecule has 1 aliphatic rings. The number of amides is 2. The van der Waals surface area contributed by atoms with Crippen LogP contribution in [-0.4, -0.2) is 57.0 Å². The molecule has 156 valence electrons. The van der Waals surface area contributed by atoms with Gasteiger partial charge in [-0.2, -0.15) is 5.10 Å². The van der Waals surface area contributed by atoms with Crippen LogP contribution in [0.15, 0.2) is 61.1 Å². The van der Waals surface area contributed by atoms with Gasteiger partial charge in [-0.25, -0.2) is 9.48 Å². The molecule has 4 rings (SSSR count). The topological polar surface area (TPSA) is 81.4 Å². The molecule has 1 aliphatic heterocycles. The number of ether oxygens (including phenoxy) is 1. The molecular formula is C22H25N5O3. The third-order valence-corrected chi connectivity index (χ3v) is 5.19. The van der Waals surface area contributed by atoms with Crippen molar-refractivity contribution in [1.29, 1.82) is 0 Å². The van der Waals surface area contributed by atoms with E-state index in [9.17, 15) is 9.59 Å². The minimum Gasteiger partial charge on any atom is -0.450 e. The molecule has 1 aromatic carbocycles. The van der Waals surface area contributed by atoms with E-state index in [-0.39, 0.29) is 18.0 Å². The Morgan fingerprint density at radius 1 is 1.10 bits per heavy atom. The number of nitrogens with one attached hydrogen (secondary N) is 1. The summed E-state index contributed by atoms with van der Waals surface area (Å²) in [6.07, 6.45) is 6.48. The number of hydrogen-bond donors (Lipinski definition) is 1. The van der Waals surface area contributed by atoms with Gasteiger partial charge in [-0.15, -0.1) is 0 Å². The number of aromatic nitrogens is 3. The Morgan fingerprint density at radius 2 is 1.80 bits per heavy atom. The van der Waals surface area contributed by atoms with Crippen molar-refractivity contribution in [2.45, 2.75) is 25.8 Å². The quantitative estimate of drug-likeness (QED) is 0.705. The molecular weight excluding hydrogens is 382 g/mol. The fraction of sp³-hybridized carbons (Fsp3) is 0.318. The van der Waals surface area contributed by atoms with E-state index in [1.165, 1.54) is 0 Å². The van der Waals surface area contributed by atoms with Crippen molar-refractivity contribution in [2.75, 3.05) is 19.7 Å². The van der Waals surface area contributed by atoms with Gasteiger partial charge in [0.15, 0.2) is 5.82 Å². The van der Waals surface area contributed by atoms with Gasteiger partial charge in [-0.05, 0) is 44.0 Å². The summed E-state index contributed by atoms with van der Waals surface area (Å²) in [5.41, 5.74) is 1.38. The minimum atomic E-state index is -0.290. The molecule has 0 spiro atoms. The summed E-state index contributed by atoms with van der Waals surface area (Å²) in [6, 6.07) is 13.5. The van der Waals surface area contributed by atoms with Gasteiger partial charge in [0.2, 0.25) is 0 Å². The number of hydrogen-bond acceptors (Lipinski definition) is 4. The molecule has 1 N–H and O–H groups in total. The molecule has 3 aromatic rings. The fourth-order valence-electron chi connectivity index (χ4n) is 3.67. The first kappa shape index (κ1) is 19.8. The van der Waals surface area contributed by atoms with Gasteiger partial charge < -0.3 is 19.5 Å². The molecule has 0 atom stereocenters. The maximum absolute atomic E-state index is 13.1. The highest BCUT2D eigenvalue weighted by Crippen LogP contribution is 2.21. The molecule has 8 nitrogen and oxygen atoms in total. The van der Waals surface area contributed by atoms with Crippen molar-refractivity contribution in [3.63, 3.8) is 0 Å². The molecule has 0 radical (unpaired) electrons. The second-order valence-corrected chi connectivity index (χ2v) is 7.15. The molecule has 2 aromatic heterocycles.